The summed E-state index contributed by atoms with van der Waals surface area (Å²) in [5, 5.41) is 10.7. The van der Waals surface area contributed by atoms with Crippen LogP contribution in [0.5, 0.6) is 0 Å². The van der Waals surface area contributed by atoms with Crippen LogP contribution in [0.15, 0.2) is 5.38 Å². The van der Waals surface area contributed by atoms with Crippen LogP contribution in [0.1, 0.15) is 42.8 Å². The van der Waals surface area contributed by atoms with E-state index >= 15 is 0 Å². The first kappa shape index (κ1) is 15.7. The third-order valence-electron chi connectivity index (χ3n) is 3.66. The number of hydrogen-bond acceptors (Lipinski definition) is 4. The topological polar surface area (TPSA) is 36.4 Å². The summed E-state index contributed by atoms with van der Waals surface area (Å²) in [5.41, 5.74) is -0.815. The van der Waals surface area contributed by atoms with Gasteiger partial charge in [-0.3, -0.25) is 4.90 Å². The molecule has 1 heterocycles. The number of alkyl halides is 3. The molecule has 3 nitrogen and oxygen atoms in total. The van der Waals surface area contributed by atoms with Crippen LogP contribution in [0, 0.1) is 0 Å². The summed E-state index contributed by atoms with van der Waals surface area (Å²) in [4.78, 5) is 5.74. The van der Waals surface area contributed by atoms with Gasteiger partial charge in [0.15, 0.2) is 5.69 Å². The fourth-order valence-electron chi connectivity index (χ4n) is 2.65. The summed E-state index contributed by atoms with van der Waals surface area (Å²) >= 11 is 1.04. The average Bonchev–Trinajstić information content (AvgIpc) is 2.88. The Morgan fingerprint density at radius 3 is 2.55 bits per heavy atom. The van der Waals surface area contributed by atoms with Crippen molar-refractivity contribution < 1.29 is 18.3 Å². The molecule has 0 radical (unpaired) electrons. The number of rotatable bonds is 5. The van der Waals surface area contributed by atoms with Crippen LogP contribution >= 0.6 is 11.3 Å². The molecule has 0 spiro atoms. The first-order chi connectivity index (χ1) is 9.50. The Kier molecular flexibility index (Phi) is 5.40. The van der Waals surface area contributed by atoms with Gasteiger partial charge in [0.05, 0.1) is 13.2 Å². The highest BCUT2D eigenvalue weighted by Crippen LogP contribution is 2.31. The van der Waals surface area contributed by atoms with Crippen LogP contribution in [0.25, 0.3) is 0 Å². The van der Waals surface area contributed by atoms with Crippen LogP contribution in [-0.2, 0) is 12.7 Å². The minimum absolute atomic E-state index is 0.0218. The lowest BCUT2D eigenvalue weighted by molar-refractivity contribution is -0.140. The van der Waals surface area contributed by atoms with Gasteiger partial charge in [-0.15, -0.1) is 11.3 Å². The molecule has 1 N–H and O–H groups in total. The standard InChI is InChI=1S/C13H19F3N2OS/c14-13(15,16)11-9-20-12(17-11)8-18(6-7-19)10-4-2-1-3-5-10/h9-10,19H,1-8H2. The Balaban J connectivity index is 2.01. The van der Waals surface area contributed by atoms with E-state index in [1.54, 1.807) is 0 Å². The maximum absolute atomic E-state index is 12.5. The number of thiazole rings is 1. The summed E-state index contributed by atoms with van der Waals surface area (Å²) in [7, 11) is 0. The van der Waals surface area contributed by atoms with Gasteiger partial charge in [0.2, 0.25) is 0 Å². The van der Waals surface area contributed by atoms with Crippen molar-refractivity contribution in [1.82, 2.24) is 9.88 Å². The van der Waals surface area contributed by atoms with Crippen molar-refractivity contribution >= 4 is 11.3 Å². The van der Waals surface area contributed by atoms with E-state index in [1.165, 1.54) is 6.42 Å². The molecule has 1 aliphatic rings. The molecule has 0 amide bonds. The summed E-state index contributed by atoms with van der Waals surface area (Å²) < 4.78 is 37.6. The molecule has 7 heteroatoms. The minimum Gasteiger partial charge on any atom is -0.395 e. The molecule has 114 valence electrons. The van der Waals surface area contributed by atoms with Crippen molar-refractivity contribution in [3.8, 4) is 0 Å². The van der Waals surface area contributed by atoms with E-state index < -0.39 is 11.9 Å². The molecule has 1 aromatic rings. The quantitative estimate of drug-likeness (QED) is 0.907. The third-order valence-corrected chi connectivity index (χ3v) is 4.49. The van der Waals surface area contributed by atoms with Gasteiger partial charge >= 0.3 is 6.18 Å². The molecule has 1 fully saturated rings. The Morgan fingerprint density at radius 1 is 1.30 bits per heavy atom. The van der Waals surface area contributed by atoms with Gasteiger partial charge in [-0.2, -0.15) is 13.2 Å². The van der Waals surface area contributed by atoms with Crippen molar-refractivity contribution in [1.29, 1.82) is 0 Å². The van der Waals surface area contributed by atoms with Gasteiger partial charge in [0.25, 0.3) is 0 Å². The number of aliphatic hydroxyl groups is 1. The molecule has 0 aliphatic heterocycles. The predicted octanol–water partition coefficient (Wildman–Crippen LogP) is 3.29. The first-order valence-electron chi connectivity index (χ1n) is 6.87. The molecule has 1 aliphatic carbocycles. The zero-order chi connectivity index (χ0) is 14.6. The molecule has 1 saturated carbocycles. The molecule has 0 aromatic carbocycles. The second kappa shape index (κ2) is 6.87. The van der Waals surface area contributed by atoms with Crippen molar-refractivity contribution in [2.45, 2.75) is 50.9 Å². The first-order valence-corrected chi connectivity index (χ1v) is 7.75. The minimum atomic E-state index is -4.37. The van der Waals surface area contributed by atoms with E-state index in [0.717, 1.165) is 42.4 Å². The van der Waals surface area contributed by atoms with Gasteiger partial charge in [-0.25, -0.2) is 4.98 Å². The van der Waals surface area contributed by atoms with E-state index in [-0.39, 0.29) is 6.61 Å². The largest absolute Gasteiger partial charge is 0.434 e. The predicted molar refractivity (Wildman–Crippen MR) is 71.5 cm³/mol. The maximum atomic E-state index is 12.5. The molecular formula is C13H19F3N2OS. The van der Waals surface area contributed by atoms with Crippen molar-refractivity contribution in [2.24, 2.45) is 0 Å². The van der Waals surface area contributed by atoms with Crippen molar-refractivity contribution in [3.05, 3.63) is 16.1 Å². The van der Waals surface area contributed by atoms with Gasteiger partial charge in [-0.1, -0.05) is 19.3 Å². The average molecular weight is 308 g/mol. The highest BCUT2D eigenvalue weighted by molar-refractivity contribution is 7.09. The molecule has 20 heavy (non-hydrogen) atoms. The third kappa shape index (κ3) is 4.17. The van der Waals surface area contributed by atoms with E-state index in [1.807, 2.05) is 0 Å². The summed E-state index contributed by atoms with van der Waals surface area (Å²) in [6.07, 6.45) is 1.26. The smallest absolute Gasteiger partial charge is 0.395 e. The molecule has 0 bridgehead atoms. The van der Waals surface area contributed by atoms with E-state index in [0.29, 0.717) is 24.1 Å². The number of aliphatic hydroxyl groups excluding tert-OH is 1. The van der Waals surface area contributed by atoms with Crippen molar-refractivity contribution in [2.75, 3.05) is 13.2 Å². The van der Waals surface area contributed by atoms with Crippen molar-refractivity contribution in [3.63, 3.8) is 0 Å². The maximum Gasteiger partial charge on any atom is 0.434 e. The fraction of sp³-hybridized carbons (Fsp3) is 0.769. The monoisotopic (exact) mass is 308 g/mol. The second-order valence-electron chi connectivity index (χ2n) is 5.11. The van der Waals surface area contributed by atoms with Crippen LogP contribution in [0.4, 0.5) is 13.2 Å². The van der Waals surface area contributed by atoms with Crippen LogP contribution < -0.4 is 0 Å². The lowest BCUT2D eigenvalue weighted by Gasteiger charge is -2.33. The number of halogens is 3. The zero-order valence-electron chi connectivity index (χ0n) is 11.2. The van der Waals surface area contributed by atoms with Gasteiger partial charge < -0.3 is 5.11 Å². The molecule has 1 aromatic heterocycles. The van der Waals surface area contributed by atoms with E-state index in [4.69, 9.17) is 5.11 Å². The highest BCUT2D eigenvalue weighted by atomic mass is 32.1. The summed E-state index contributed by atoms with van der Waals surface area (Å²) in [5.74, 6) is 0. The highest BCUT2D eigenvalue weighted by Gasteiger charge is 2.34. The second-order valence-corrected chi connectivity index (χ2v) is 6.05. The molecule has 0 unspecified atom stereocenters. The fourth-order valence-corrected chi connectivity index (χ4v) is 3.48. The Morgan fingerprint density at radius 2 is 2.00 bits per heavy atom. The summed E-state index contributed by atoms with van der Waals surface area (Å²) in [6, 6.07) is 0.356. The number of nitrogens with zero attached hydrogens (tertiary/aromatic N) is 2. The Hall–Kier alpha value is -0.660. The van der Waals surface area contributed by atoms with E-state index in [2.05, 4.69) is 9.88 Å². The Labute approximate surface area is 120 Å². The van der Waals surface area contributed by atoms with E-state index in [9.17, 15) is 13.2 Å². The molecule has 2 rings (SSSR count). The normalized spacial score (nSPS) is 17.9. The summed E-state index contributed by atoms with van der Waals surface area (Å²) in [6.45, 7) is 0.908. The lowest BCUT2D eigenvalue weighted by Crippen LogP contribution is -2.38. The zero-order valence-corrected chi connectivity index (χ0v) is 12.0. The number of hydrogen-bond donors (Lipinski definition) is 1. The van der Waals surface area contributed by atoms with Crippen LogP contribution in [-0.4, -0.2) is 34.2 Å². The molecule has 0 atom stereocenters. The van der Waals surface area contributed by atoms with Gasteiger partial charge in [-0.05, 0) is 12.8 Å². The molecule has 0 saturated heterocycles. The van der Waals surface area contributed by atoms with Gasteiger partial charge in [0.1, 0.15) is 5.01 Å². The lowest BCUT2D eigenvalue weighted by atomic mass is 9.94. The molecular weight excluding hydrogens is 289 g/mol. The van der Waals surface area contributed by atoms with Crippen LogP contribution in [0.2, 0.25) is 0 Å². The van der Waals surface area contributed by atoms with Gasteiger partial charge in [0, 0.05) is 18.0 Å². The number of aromatic nitrogens is 1. The van der Waals surface area contributed by atoms with Crippen LogP contribution in [0.3, 0.4) is 0 Å². The Bertz CT molecular complexity index is 416. The SMILES string of the molecule is OCCN(Cc1nc(C(F)(F)F)cs1)C1CCCCC1.